The van der Waals surface area contributed by atoms with Crippen LogP contribution >= 0.6 is 0 Å². The van der Waals surface area contributed by atoms with Gasteiger partial charge in [-0.2, -0.15) is 0 Å². The summed E-state index contributed by atoms with van der Waals surface area (Å²) in [5, 5.41) is 0. The summed E-state index contributed by atoms with van der Waals surface area (Å²) < 4.78 is 16.6. The third-order valence-electron chi connectivity index (χ3n) is 2.22. The van der Waals surface area contributed by atoms with Gasteiger partial charge in [0.1, 0.15) is 0 Å². The fourth-order valence-electron chi connectivity index (χ4n) is 1.33. The molecule has 3 nitrogen and oxygen atoms in total. The number of carbonyl (C=O) groups excluding carboxylic acids is 1. The standard InChI is InChI=1S/C12H16O3S/c1-3-4-9-16(14)11-8-6-5-7-10(11)12(13)15-2/h5-8H,3-4,9H2,1-2H3/t16-/m1/s1. The van der Waals surface area contributed by atoms with Crippen molar-refractivity contribution in [3.05, 3.63) is 29.8 Å². The Bertz CT molecular complexity index is 388. The first-order valence-electron chi connectivity index (χ1n) is 5.26. The summed E-state index contributed by atoms with van der Waals surface area (Å²) in [7, 11) is 0.210. The molecule has 0 aliphatic heterocycles. The molecule has 1 aromatic carbocycles. The van der Waals surface area contributed by atoms with Crippen LogP contribution < -0.4 is 0 Å². The Morgan fingerprint density at radius 1 is 1.38 bits per heavy atom. The van der Waals surface area contributed by atoms with Crippen LogP contribution in [0.25, 0.3) is 0 Å². The maximum absolute atomic E-state index is 11.9. The summed E-state index contributed by atoms with van der Waals surface area (Å²) >= 11 is 0. The molecule has 0 aliphatic rings. The van der Waals surface area contributed by atoms with E-state index in [-0.39, 0.29) is 0 Å². The molecule has 0 saturated heterocycles. The molecule has 0 spiro atoms. The molecule has 0 radical (unpaired) electrons. The van der Waals surface area contributed by atoms with E-state index in [0.717, 1.165) is 12.8 Å². The van der Waals surface area contributed by atoms with E-state index in [0.29, 0.717) is 16.2 Å². The maximum atomic E-state index is 11.9. The first-order chi connectivity index (χ1) is 7.70. The second-order valence-corrected chi connectivity index (χ2v) is 4.93. The minimum Gasteiger partial charge on any atom is -0.465 e. The van der Waals surface area contributed by atoms with Gasteiger partial charge in [0.2, 0.25) is 0 Å². The molecule has 0 aromatic heterocycles. The van der Waals surface area contributed by atoms with E-state index >= 15 is 0 Å². The molecule has 0 unspecified atom stereocenters. The monoisotopic (exact) mass is 240 g/mol. The molecular formula is C12H16O3S. The molecule has 1 aromatic rings. The summed E-state index contributed by atoms with van der Waals surface area (Å²) in [5.74, 6) is 0.158. The van der Waals surface area contributed by atoms with Crippen molar-refractivity contribution in [2.75, 3.05) is 12.9 Å². The van der Waals surface area contributed by atoms with Crippen molar-refractivity contribution >= 4 is 16.8 Å². The van der Waals surface area contributed by atoms with Crippen LogP contribution in [0.15, 0.2) is 29.2 Å². The molecule has 0 amide bonds. The van der Waals surface area contributed by atoms with Crippen LogP contribution in [-0.2, 0) is 15.5 Å². The van der Waals surface area contributed by atoms with E-state index in [4.69, 9.17) is 0 Å². The van der Waals surface area contributed by atoms with Crippen molar-refractivity contribution in [1.82, 2.24) is 0 Å². The van der Waals surface area contributed by atoms with Gasteiger partial charge in [0.15, 0.2) is 0 Å². The lowest BCUT2D eigenvalue weighted by atomic mass is 10.2. The Hall–Kier alpha value is -1.16. The molecule has 0 aliphatic carbocycles. The normalized spacial score (nSPS) is 12.1. The van der Waals surface area contributed by atoms with Crippen LogP contribution in [-0.4, -0.2) is 23.0 Å². The van der Waals surface area contributed by atoms with E-state index in [9.17, 15) is 9.00 Å². The number of benzene rings is 1. The average molecular weight is 240 g/mol. The zero-order valence-corrected chi connectivity index (χ0v) is 10.4. The molecule has 0 saturated carbocycles. The summed E-state index contributed by atoms with van der Waals surface area (Å²) in [6.07, 6.45) is 1.88. The molecule has 1 atom stereocenters. The first-order valence-corrected chi connectivity index (χ1v) is 6.58. The zero-order valence-electron chi connectivity index (χ0n) is 9.56. The van der Waals surface area contributed by atoms with Crippen molar-refractivity contribution in [2.24, 2.45) is 0 Å². The minimum absolute atomic E-state index is 0.402. The van der Waals surface area contributed by atoms with Gasteiger partial charge in [-0.3, -0.25) is 4.21 Å². The molecule has 88 valence electrons. The highest BCUT2D eigenvalue weighted by molar-refractivity contribution is 7.85. The quantitative estimate of drug-likeness (QED) is 0.742. The topological polar surface area (TPSA) is 43.4 Å². The molecule has 1 rings (SSSR count). The van der Waals surface area contributed by atoms with E-state index in [1.165, 1.54) is 7.11 Å². The lowest BCUT2D eigenvalue weighted by Gasteiger charge is -2.06. The predicted octanol–water partition coefficient (Wildman–Crippen LogP) is 2.38. The van der Waals surface area contributed by atoms with Gasteiger partial charge in [0.05, 0.1) is 28.4 Å². The highest BCUT2D eigenvalue weighted by atomic mass is 32.2. The van der Waals surface area contributed by atoms with Gasteiger partial charge in [-0.15, -0.1) is 0 Å². The summed E-state index contributed by atoms with van der Waals surface area (Å²) in [6.45, 7) is 2.05. The Kier molecular flexibility index (Phi) is 5.19. The zero-order chi connectivity index (χ0) is 12.0. The molecule has 0 bridgehead atoms. The van der Waals surface area contributed by atoms with Gasteiger partial charge in [-0.1, -0.05) is 25.5 Å². The van der Waals surface area contributed by atoms with Crippen molar-refractivity contribution < 1.29 is 13.7 Å². The van der Waals surface area contributed by atoms with Gasteiger partial charge in [-0.25, -0.2) is 4.79 Å². The Morgan fingerprint density at radius 2 is 2.06 bits per heavy atom. The summed E-state index contributed by atoms with van der Waals surface area (Å²) in [4.78, 5) is 12.0. The third kappa shape index (κ3) is 3.17. The van der Waals surface area contributed by atoms with E-state index < -0.39 is 16.8 Å². The fourth-order valence-corrected chi connectivity index (χ4v) is 2.73. The van der Waals surface area contributed by atoms with Crippen molar-refractivity contribution in [3.8, 4) is 0 Å². The van der Waals surface area contributed by atoms with E-state index in [1.54, 1.807) is 24.3 Å². The van der Waals surface area contributed by atoms with Crippen LogP contribution in [0.2, 0.25) is 0 Å². The van der Waals surface area contributed by atoms with Gasteiger partial charge in [-0.05, 0) is 18.6 Å². The number of carbonyl (C=O) groups is 1. The van der Waals surface area contributed by atoms with Gasteiger partial charge >= 0.3 is 5.97 Å². The number of esters is 1. The van der Waals surface area contributed by atoms with Crippen molar-refractivity contribution in [1.29, 1.82) is 0 Å². The minimum atomic E-state index is -1.12. The average Bonchev–Trinajstić information content (AvgIpc) is 2.35. The number of rotatable bonds is 5. The van der Waals surface area contributed by atoms with Crippen LogP contribution in [0.1, 0.15) is 30.1 Å². The molecule has 0 N–H and O–H groups in total. The lowest BCUT2D eigenvalue weighted by molar-refractivity contribution is 0.0596. The molecule has 16 heavy (non-hydrogen) atoms. The highest BCUT2D eigenvalue weighted by Gasteiger charge is 2.15. The number of hydrogen-bond donors (Lipinski definition) is 0. The van der Waals surface area contributed by atoms with Crippen LogP contribution in [0, 0.1) is 0 Å². The van der Waals surface area contributed by atoms with Gasteiger partial charge < -0.3 is 4.74 Å². The SMILES string of the molecule is CCCC[S@@](=O)c1ccccc1C(=O)OC. The highest BCUT2D eigenvalue weighted by Crippen LogP contribution is 2.15. The van der Waals surface area contributed by atoms with E-state index in [1.807, 2.05) is 6.92 Å². The van der Waals surface area contributed by atoms with Crippen LogP contribution in [0.5, 0.6) is 0 Å². The predicted molar refractivity (Wildman–Crippen MR) is 64.0 cm³/mol. The van der Waals surface area contributed by atoms with Gasteiger partial charge in [0.25, 0.3) is 0 Å². The number of hydrogen-bond acceptors (Lipinski definition) is 3. The number of methoxy groups -OCH3 is 1. The van der Waals surface area contributed by atoms with Crippen LogP contribution in [0.3, 0.4) is 0 Å². The lowest BCUT2D eigenvalue weighted by Crippen LogP contribution is -2.08. The molecule has 0 heterocycles. The molecule has 0 fully saturated rings. The molecule has 4 heteroatoms. The Labute approximate surface area is 98.3 Å². The van der Waals surface area contributed by atoms with Crippen molar-refractivity contribution in [3.63, 3.8) is 0 Å². The second-order valence-electron chi connectivity index (χ2n) is 3.39. The first kappa shape index (κ1) is 12.9. The van der Waals surface area contributed by atoms with Gasteiger partial charge in [0, 0.05) is 5.75 Å². The Morgan fingerprint density at radius 3 is 2.69 bits per heavy atom. The number of ether oxygens (including phenoxy) is 1. The fraction of sp³-hybridized carbons (Fsp3) is 0.417. The van der Waals surface area contributed by atoms with Crippen molar-refractivity contribution in [2.45, 2.75) is 24.7 Å². The second kappa shape index (κ2) is 6.43. The maximum Gasteiger partial charge on any atom is 0.339 e. The number of unbranched alkanes of at least 4 members (excludes halogenated alkanes) is 1. The smallest absolute Gasteiger partial charge is 0.339 e. The third-order valence-corrected chi connectivity index (χ3v) is 3.73. The summed E-state index contributed by atoms with van der Waals surface area (Å²) in [6, 6.07) is 6.89. The van der Waals surface area contributed by atoms with E-state index in [2.05, 4.69) is 4.74 Å². The summed E-state index contributed by atoms with van der Waals surface area (Å²) in [5.41, 5.74) is 0.402. The molecular weight excluding hydrogens is 224 g/mol. The largest absolute Gasteiger partial charge is 0.465 e. The van der Waals surface area contributed by atoms with Crippen LogP contribution in [0.4, 0.5) is 0 Å². The Balaban J connectivity index is 2.94.